The van der Waals surface area contributed by atoms with E-state index in [9.17, 15) is 9.59 Å². The average molecular weight is 464 g/mol. The van der Waals surface area contributed by atoms with Gasteiger partial charge in [0.25, 0.3) is 5.91 Å². The summed E-state index contributed by atoms with van der Waals surface area (Å²) in [4.78, 5) is 25.3. The average Bonchev–Trinajstić information content (AvgIpc) is 2.79. The predicted molar refractivity (Wildman–Crippen MR) is 121 cm³/mol. The number of amides is 1. The van der Waals surface area contributed by atoms with E-state index in [1.165, 1.54) is 21.1 Å². The van der Waals surface area contributed by atoms with Crippen molar-refractivity contribution in [2.75, 3.05) is 31.9 Å². The molecule has 0 radical (unpaired) electrons. The van der Waals surface area contributed by atoms with E-state index in [0.29, 0.717) is 41.9 Å². The third-order valence-electron chi connectivity index (χ3n) is 4.23. The molecular formula is C22H26ClN3O6. The third-order valence-corrected chi connectivity index (χ3v) is 4.58. The first kappa shape index (κ1) is 24.9. The molecule has 0 aliphatic carbocycles. The molecule has 172 valence electrons. The van der Waals surface area contributed by atoms with Crippen LogP contribution in [0.3, 0.4) is 0 Å². The molecule has 0 aliphatic rings. The van der Waals surface area contributed by atoms with Crippen molar-refractivity contribution in [1.29, 1.82) is 0 Å². The number of rotatable bonds is 11. The van der Waals surface area contributed by atoms with Crippen LogP contribution in [0.1, 0.15) is 20.8 Å². The normalized spacial score (nSPS) is 11.7. The Labute approximate surface area is 192 Å². The Morgan fingerprint density at radius 1 is 0.969 bits per heavy atom. The topological polar surface area (TPSA) is 99.0 Å². The lowest BCUT2D eigenvalue weighted by atomic mass is 10.2. The molecule has 2 aromatic carbocycles. The van der Waals surface area contributed by atoms with Crippen LogP contribution < -0.4 is 23.4 Å². The number of carbonyl (C=O) groups excluding carboxylic acids is 2. The minimum atomic E-state index is -1.48. The fourth-order valence-corrected chi connectivity index (χ4v) is 2.93. The lowest BCUT2D eigenvalue weighted by Crippen LogP contribution is -2.36. The van der Waals surface area contributed by atoms with Crippen LogP contribution in [0.15, 0.2) is 46.6 Å². The maximum atomic E-state index is 13.1. The number of methoxy groups -OCH3 is 2. The number of ether oxygens (including phenoxy) is 4. The fraction of sp³-hybridized carbons (Fsp3) is 0.364. The summed E-state index contributed by atoms with van der Waals surface area (Å²) in [7, 11) is 2.97. The summed E-state index contributed by atoms with van der Waals surface area (Å²) in [5.74, 6) is 0.428. The van der Waals surface area contributed by atoms with Crippen LogP contribution in [0.25, 0.3) is 0 Å². The predicted octanol–water partition coefficient (Wildman–Crippen LogP) is 4.73. The largest absolute Gasteiger partial charge is 0.497 e. The van der Waals surface area contributed by atoms with Gasteiger partial charge < -0.3 is 18.9 Å². The van der Waals surface area contributed by atoms with Gasteiger partial charge in [-0.1, -0.05) is 0 Å². The Morgan fingerprint density at radius 2 is 1.62 bits per heavy atom. The number of carbonyl (C=O) groups is 2. The zero-order valence-corrected chi connectivity index (χ0v) is 19.4. The summed E-state index contributed by atoms with van der Waals surface area (Å²) < 4.78 is 22.3. The maximum absolute atomic E-state index is 13.1. The lowest BCUT2D eigenvalue weighted by Gasteiger charge is -2.20. The monoisotopic (exact) mass is 463 g/mol. The molecule has 0 N–H and O–H groups in total. The second-order valence-electron chi connectivity index (χ2n) is 6.38. The van der Waals surface area contributed by atoms with Gasteiger partial charge >= 0.3 is 0 Å². The Kier molecular flexibility index (Phi) is 9.27. The highest BCUT2D eigenvalue weighted by Gasteiger charge is 2.30. The second kappa shape index (κ2) is 11.9. The summed E-state index contributed by atoms with van der Waals surface area (Å²) in [6.45, 7) is 5.64. The van der Waals surface area contributed by atoms with Crippen molar-refractivity contribution in [2.24, 2.45) is 10.2 Å². The minimum absolute atomic E-state index is 0.227. The van der Waals surface area contributed by atoms with Gasteiger partial charge in [-0.2, -0.15) is 10.2 Å². The van der Waals surface area contributed by atoms with Crippen LogP contribution in [-0.2, 0) is 9.59 Å². The number of azo groups is 1. The molecule has 1 atom stereocenters. The Bertz CT molecular complexity index is 982. The summed E-state index contributed by atoms with van der Waals surface area (Å²) in [5.41, 5.74) is 0.519. The van der Waals surface area contributed by atoms with Crippen molar-refractivity contribution >= 4 is 34.8 Å². The number of anilines is 1. The molecule has 10 heteroatoms. The quantitative estimate of drug-likeness (QED) is 0.271. The van der Waals surface area contributed by atoms with E-state index in [1.54, 1.807) is 43.3 Å². The van der Waals surface area contributed by atoms with E-state index in [2.05, 4.69) is 10.2 Å². The highest BCUT2D eigenvalue weighted by molar-refractivity contribution is 6.39. The van der Waals surface area contributed by atoms with Crippen LogP contribution in [0.2, 0.25) is 0 Å². The molecule has 2 rings (SSSR count). The van der Waals surface area contributed by atoms with Crippen LogP contribution in [-0.4, -0.2) is 45.2 Å². The SMILES string of the molecule is CCOc1ccc(OCC)c(N(Cl)C(=O)C(N=Nc2cc(OC)ccc2OC)C(C)=O)c1. The summed E-state index contributed by atoms with van der Waals surface area (Å²) in [6, 6.07) is 8.31. The Balaban J connectivity index is 2.39. The van der Waals surface area contributed by atoms with Crippen LogP contribution in [0, 0.1) is 0 Å². The molecule has 0 saturated heterocycles. The number of halogens is 1. The van der Waals surface area contributed by atoms with Crippen molar-refractivity contribution in [2.45, 2.75) is 26.8 Å². The summed E-state index contributed by atoms with van der Waals surface area (Å²) >= 11 is 6.35. The van der Waals surface area contributed by atoms with Crippen molar-refractivity contribution in [3.05, 3.63) is 36.4 Å². The third kappa shape index (κ3) is 6.10. The number of Topliss-reactive ketones (excluding diaryl/α,β-unsaturated/α-hetero) is 1. The van der Waals surface area contributed by atoms with Crippen LogP contribution in [0.4, 0.5) is 11.4 Å². The highest BCUT2D eigenvalue weighted by atomic mass is 35.5. The highest BCUT2D eigenvalue weighted by Crippen LogP contribution is 2.35. The number of hydrogen-bond acceptors (Lipinski definition) is 8. The fourth-order valence-electron chi connectivity index (χ4n) is 2.71. The number of ketones is 1. The molecule has 2 aromatic rings. The van der Waals surface area contributed by atoms with Gasteiger partial charge in [0, 0.05) is 23.9 Å². The summed E-state index contributed by atoms with van der Waals surface area (Å²) in [6.07, 6.45) is 0. The molecule has 0 aromatic heterocycles. The second-order valence-corrected chi connectivity index (χ2v) is 6.72. The Morgan fingerprint density at radius 3 is 2.22 bits per heavy atom. The standard InChI is InChI=1S/C22H26ClN3O6/c1-6-31-16-9-11-20(32-7-2)18(13-16)26(23)22(28)21(14(3)27)25-24-17-12-15(29-4)8-10-19(17)30-5/h8-13,21H,6-7H2,1-5H3. The van der Waals surface area contributed by atoms with Gasteiger partial charge in [-0.3, -0.25) is 9.59 Å². The van der Waals surface area contributed by atoms with Gasteiger partial charge in [0.2, 0.25) is 6.04 Å². The first-order chi connectivity index (χ1) is 15.4. The minimum Gasteiger partial charge on any atom is -0.497 e. The van der Waals surface area contributed by atoms with Crippen LogP contribution >= 0.6 is 11.8 Å². The molecular weight excluding hydrogens is 438 g/mol. The first-order valence-electron chi connectivity index (χ1n) is 9.88. The molecule has 0 saturated carbocycles. The summed E-state index contributed by atoms with van der Waals surface area (Å²) in [5, 5.41) is 8.00. The molecule has 0 spiro atoms. The van der Waals surface area contributed by atoms with Crippen molar-refractivity contribution < 1.29 is 28.5 Å². The zero-order valence-electron chi connectivity index (χ0n) is 18.6. The molecule has 0 heterocycles. The van der Waals surface area contributed by atoms with Crippen molar-refractivity contribution in [1.82, 2.24) is 0 Å². The number of nitrogens with zero attached hydrogens (tertiary/aromatic N) is 3. The first-order valence-corrected chi connectivity index (χ1v) is 10.2. The molecule has 1 amide bonds. The molecule has 0 bridgehead atoms. The van der Waals surface area contributed by atoms with E-state index in [-0.39, 0.29) is 5.69 Å². The molecule has 9 nitrogen and oxygen atoms in total. The lowest BCUT2D eigenvalue weighted by molar-refractivity contribution is -0.126. The van der Waals surface area contributed by atoms with Gasteiger partial charge in [0.1, 0.15) is 34.4 Å². The van der Waals surface area contributed by atoms with Gasteiger partial charge in [-0.15, -0.1) is 0 Å². The molecule has 1 unspecified atom stereocenters. The van der Waals surface area contributed by atoms with E-state index < -0.39 is 17.7 Å². The van der Waals surface area contributed by atoms with E-state index >= 15 is 0 Å². The van der Waals surface area contributed by atoms with Gasteiger partial charge in [-0.25, -0.2) is 4.42 Å². The zero-order chi connectivity index (χ0) is 23.7. The van der Waals surface area contributed by atoms with Gasteiger partial charge in [-0.05, 0) is 45.0 Å². The van der Waals surface area contributed by atoms with Gasteiger partial charge in [0.15, 0.2) is 5.78 Å². The number of benzene rings is 2. The van der Waals surface area contributed by atoms with Crippen molar-refractivity contribution in [3.8, 4) is 23.0 Å². The van der Waals surface area contributed by atoms with E-state index in [1.807, 2.05) is 6.92 Å². The molecule has 32 heavy (non-hydrogen) atoms. The van der Waals surface area contributed by atoms with Crippen LogP contribution in [0.5, 0.6) is 23.0 Å². The number of hydrogen-bond donors (Lipinski definition) is 0. The van der Waals surface area contributed by atoms with E-state index in [4.69, 9.17) is 30.7 Å². The smallest absolute Gasteiger partial charge is 0.276 e. The van der Waals surface area contributed by atoms with Gasteiger partial charge in [0.05, 0.1) is 27.4 Å². The van der Waals surface area contributed by atoms with Crippen molar-refractivity contribution in [3.63, 3.8) is 0 Å². The maximum Gasteiger partial charge on any atom is 0.276 e. The molecule has 0 fully saturated rings. The van der Waals surface area contributed by atoms with E-state index in [0.717, 1.165) is 4.42 Å². The molecule has 0 aliphatic heterocycles. The Hall–Kier alpha value is -3.33.